The van der Waals surface area contributed by atoms with Gasteiger partial charge in [0.05, 0.1) is 6.10 Å². The molecule has 1 aromatic rings. The topological polar surface area (TPSA) is 76.1 Å². The van der Waals surface area contributed by atoms with E-state index in [4.69, 9.17) is 9.47 Å². The summed E-state index contributed by atoms with van der Waals surface area (Å²) in [5, 5.41) is 10.6. The molecule has 1 heterocycles. The van der Waals surface area contributed by atoms with Gasteiger partial charge in [-0.05, 0) is 119 Å². The molecule has 34 heavy (non-hydrogen) atoms. The molecule has 2 saturated carbocycles. The van der Waals surface area contributed by atoms with Crippen LogP contribution in [0, 0.1) is 17.3 Å². The number of nitrogens with zero attached hydrogens (tertiary/aromatic N) is 1. The Morgan fingerprint density at radius 1 is 1.12 bits per heavy atom. The zero-order valence-corrected chi connectivity index (χ0v) is 21.0. The number of benzene rings is 1. The Hall–Kier alpha value is -2.08. The first-order valence-corrected chi connectivity index (χ1v) is 13.1. The van der Waals surface area contributed by atoms with Gasteiger partial charge in [0, 0.05) is 6.54 Å². The molecule has 186 valence electrons. The smallest absolute Gasteiger partial charge is 0.411 e. The molecule has 4 aliphatic rings. The van der Waals surface area contributed by atoms with E-state index in [1.54, 1.807) is 0 Å². The van der Waals surface area contributed by atoms with Crippen LogP contribution in [0.15, 0.2) is 18.2 Å². The number of aryl methyl sites for hydroxylation is 1. The van der Waals surface area contributed by atoms with Crippen molar-refractivity contribution < 1.29 is 24.2 Å². The van der Waals surface area contributed by atoms with Crippen molar-refractivity contribution in [2.45, 2.75) is 103 Å². The number of hydrogen-bond acceptors (Lipinski definition) is 5. The van der Waals surface area contributed by atoms with E-state index in [0.717, 1.165) is 44.9 Å². The molecule has 1 aliphatic heterocycles. The summed E-state index contributed by atoms with van der Waals surface area (Å²) in [5.74, 6) is 1.96. The maximum absolute atomic E-state index is 13.0. The van der Waals surface area contributed by atoms with Crippen LogP contribution in [0.25, 0.3) is 0 Å². The molecule has 1 amide bonds. The van der Waals surface area contributed by atoms with E-state index in [0.29, 0.717) is 36.5 Å². The predicted octanol–water partition coefficient (Wildman–Crippen LogP) is 5.21. The molecule has 6 heteroatoms. The summed E-state index contributed by atoms with van der Waals surface area (Å²) in [6.07, 6.45) is 7.15. The second-order valence-corrected chi connectivity index (χ2v) is 12.2. The number of aliphatic hydroxyl groups is 1. The minimum Gasteiger partial charge on any atom is -0.444 e. The van der Waals surface area contributed by atoms with Crippen molar-refractivity contribution in [3.05, 3.63) is 29.3 Å². The van der Waals surface area contributed by atoms with Crippen LogP contribution >= 0.6 is 0 Å². The summed E-state index contributed by atoms with van der Waals surface area (Å²) < 4.78 is 11.3. The molecule has 1 saturated heterocycles. The first-order valence-electron chi connectivity index (χ1n) is 13.1. The van der Waals surface area contributed by atoms with Gasteiger partial charge in [0.1, 0.15) is 17.4 Å². The van der Waals surface area contributed by atoms with Gasteiger partial charge in [-0.15, -0.1) is 0 Å². The summed E-state index contributed by atoms with van der Waals surface area (Å²) in [5.41, 5.74) is 2.16. The molecule has 1 aromatic carbocycles. The third-order valence-corrected chi connectivity index (χ3v) is 9.02. The molecule has 0 aromatic heterocycles. The summed E-state index contributed by atoms with van der Waals surface area (Å²) >= 11 is 0. The summed E-state index contributed by atoms with van der Waals surface area (Å²) in [6.45, 7) is 8.29. The van der Waals surface area contributed by atoms with Gasteiger partial charge in [-0.2, -0.15) is 0 Å². The van der Waals surface area contributed by atoms with Gasteiger partial charge < -0.3 is 14.6 Å². The number of carbonyl (C=O) groups is 2. The Kier molecular flexibility index (Phi) is 5.94. The Morgan fingerprint density at radius 2 is 1.91 bits per heavy atom. The van der Waals surface area contributed by atoms with Gasteiger partial charge >= 0.3 is 12.1 Å². The lowest BCUT2D eigenvalue weighted by Gasteiger charge is -2.50. The van der Waals surface area contributed by atoms with Crippen LogP contribution in [-0.2, 0) is 16.0 Å². The van der Waals surface area contributed by atoms with Gasteiger partial charge in [0.2, 0.25) is 0 Å². The fraction of sp³-hybridized carbons (Fsp3) is 0.714. The van der Waals surface area contributed by atoms with E-state index in [1.165, 1.54) is 16.0 Å². The highest BCUT2D eigenvalue weighted by atomic mass is 16.6. The van der Waals surface area contributed by atoms with Crippen LogP contribution in [-0.4, -0.2) is 46.4 Å². The number of rotatable bonds is 2. The monoisotopic (exact) mass is 469 g/mol. The number of fused-ring (bicyclic) bond motifs is 5. The third-order valence-electron chi connectivity index (χ3n) is 9.02. The van der Waals surface area contributed by atoms with Crippen molar-refractivity contribution in [3.8, 4) is 5.75 Å². The molecule has 0 spiro atoms. The predicted molar refractivity (Wildman–Crippen MR) is 129 cm³/mol. The number of amides is 1. The zero-order valence-electron chi connectivity index (χ0n) is 21.0. The largest absolute Gasteiger partial charge is 0.444 e. The Labute approximate surface area is 203 Å². The van der Waals surface area contributed by atoms with Gasteiger partial charge in [-0.3, -0.25) is 4.90 Å². The molecule has 6 atom stereocenters. The minimum atomic E-state index is -0.600. The van der Waals surface area contributed by atoms with E-state index >= 15 is 0 Å². The van der Waals surface area contributed by atoms with Crippen LogP contribution in [0.3, 0.4) is 0 Å². The number of hydrogen-bond donors (Lipinski definition) is 1. The number of likely N-dealkylation sites (tertiary alicyclic amines) is 1. The lowest BCUT2D eigenvalue weighted by Crippen LogP contribution is -2.45. The number of carbonyl (C=O) groups excluding carboxylic acids is 2. The van der Waals surface area contributed by atoms with E-state index < -0.39 is 17.7 Å². The Morgan fingerprint density at radius 3 is 2.68 bits per heavy atom. The molecule has 1 N–H and O–H groups in total. The fourth-order valence-electron chi connectivity index (χ4n) is 7.33. The number of ether oxygens (including phenoxy) is 2. The Balaban J connectivity index is 1.28. The number of esters is 1. The van der Waals surface area contributed by atoms with E-state index in [-0.39, 0.29) is 17.5 Å². The van der Waals surface area contributed by atoms with Gasteiger partial charge in [-0.25, -0.2) is 9.59 Å². The lowest BCUT2D eigenvalue weighted by atomic mass is 9.55. The maximum atomic E-state index is 13.0. The molecule has 3 unspecified atom stereocenters. The van der Waals surface area contributed by atoms with Crippen LogP contribution in [0.1, 0.15) is 89.7 Å². The average molecular weight is 470 g/mol. The minimum absolute atomic E-state index is 0.0788. The van der Waals surface area contributed by atoms with Crippen molar-refractivity contribution in [3.63, 3.8) is 0 Å². The van der Waals surface area contributed by atoms with E-state index in [9.17, 15) is 14.7 Å². The first-order chi connectivity index (χ1) is 16.1. The second-order valence-electron chi connectivity index (χ2n) is 12.2. The van der Waals surface area contributed by atoms with E-state index in [2.05, 4.69) is 13.0 Å². The summed E-state index contributed by atoms with van der Waals surface area (Å²) in [7, 11) is 0. The average Bonchev–Trinajstić information content (AvgIpc) is 3.37. The van der Waals surface area contributed by atoms with Crippen LogP contribution in [0.2, 0.25) is 0 Å². The standard InChI is InChI=1S/C28H39NO5/c1-27(2,3)34-26(32)29-15-5-6-23(29)25(31)33-18-8-10-19-17(16-18)7-9-21-20(19)13-14-28(4)22(21)11-12-24(28)30/h8,10,16,20-24,30H,5-7,9,11-15H2,1-4H3/t20?,21?,22?,23-,24+,28+/m1/s1. The van der Waals surface area contributed by atoms with Crippen molar-refractivity contribution in [2.24, 2.45) is 17.3 Å². The molecule has 3 aliphatic carbocycles. The van der Waals surface area contributed by atoms with Crippen LogP contribution in [0.4, 0.5) is 4.79 Å². The molecule has 3 fully saturated rings. The first kappa shape index (κ1) is 23.7. The normalized spacial score (nSPS) is 34.7. The maximum Gasteiger partial charge on any atom is 0.411 e. The SMILES string of the molecule is CC(C)(C)OC(=O)N1CCC[C@@H]1C(=O)Oc1ccc2c(c1)CCC1C2CC[C@@]2(C)C1CC[C@@H]2O. The lowest BCUT2D eigenvalue weighted by molar-refractivity contribution is -0.139. The fourth-order valence-corrected chi connectivity index (χ4v) is 7.33. The third kappa shape index (κ3) is 4.12. The Bertz CT molecular complexity index is 968. The summed E-state index contributed by atoms with van der Waals surface area (Å²) in [4.78, 5) is 27.0. The molecule has 0 radical (unpaired) electrons. The molecule has 0 bridgehead atoms. The van der Waals surface area contributed by atoms with Gasteiger partial charge in [0.15, 0.2) is 0 Å². The van der Waals surface area contributed by atoms with Gasteiger partial charge in [0.25, 0.3) is 0 Å². The van der Waals surface area contributed by atoms with Crippen molar-refractivity contribution >= 4 is 12.1 Å². The van der Waals surface area contributed by atoms with Crippen LogP contribution < -0.4 is 4.74 Å². The molecule has 5 rings (SSSR count). The molecular formula is C28H39NO5. The highest BCUT2D eigenvalue weighted by molar-refractivity contribution is 5.83. The highest BCUT2D eigenvalue weighted by Gasteiger charge is 2.54. The highest BCUT2D eigenvalue weighted by Crippen LogP contribution is 2.60. The van der Waals surface area contributed by atoms with E-state index in [1.807, 2.05) is 32.9 Å². The number of aliphatic hydroxyl groups excluding tert-OH is 1. The molecule has 6 nitrogen and oxygen atoms in total. The van der Waals surface area contributed by atoms with Crippen molar-refractivity contribution in [1.29, 1.82) is 0 Å². The van der Waals surface area contributed by atoms with Gasteiger partial charge in [-0.1, -0.05) is 13.0 Å². The zero-order chi connectivity index (χ0) is 24.3. The van der Waals surface area contributed by atoms with Crippen LogP contribution in [0.5, 0.6) is 5.75 Å². The quantitative estimate of drug-likeness (QED) is 0.475. The second kappa shape index (κ2) is 8.54. The van der Waals surface area contributed by atoms with Crippen molar-refractivity contribution in [1.82, 2.24) is 4.90 Å². The molecular weight excluding hydrogens is 430 g/mol. The van der Waals surface area contributed by atoms with Crippen molar-refractivity contribution in [2.75, 3.05) is 6.54 Å². The summed E-state index contributed by atoms with van der Waals surface area (Å²) in [6, 6.07) is 5.51.